The molecule has 0 unspecified atom stereocenters. The molecular weight excluding hydrogens is 296 g/mol. The van der Waals surface area contributed by atoms with Crippen LogP contribution in [0.25, 0.3) is 10.1 Å². The first-order chi connectivity index (χ1) is 10.0. The summed E-state index contributed by atoms with van der Waals surface area (Å²) in [5.74, 6) is -1.90. The molecule has 0 fully saturated rings. The molecule has 0 saturated heterocycles. The molecule has 0 spiro atoms. The highest BCUT2D eigenvalue weighted by molar-refractivity contribution is 7.17. The lowest BCUT2D eigenvalue weighted by molar-refractivity contribution is -0.143. The minimum Gasteiger partial charge on any atom is -0.480 e. The number of carboxylic acids is 1. The van der Waals surface area contributed by atoms with Crippen molar-refractivity contribution in [3.05, 3.63) is 29.6 Å². The van der Waals surface area contributed by atoms with Crippen molar-refractivity contribution in [2.75, 3.05) is 18.5 Å². The third-order valence-electron chi connectivity index (χ3n) is 2.42. The molecule has 7 nitrogen and oxygen atoms in total. The molecule has 1 aromatic carbocycles. The molecule has 8 heteroatoms. The number of carboxylic acid groups (broad SMARTS) is 1. The molecule has 110 valence electrons. The number of nitrogens with one attached hydrogen (secondary N) is 2. The molecule has 0 radical (unpaired) electrons. The lowest BCUT2D eigenvalue weighted by Crippen LogP contribution is -2.37. The lowest BCUT2D eigenvalue weighted by atomic mass is 10.2. The van der Waals surface area contributed by atoms with Gasteiger partial charge in [-0.05, 0) is 35.0 Å². The van der Waals surface area contributed by atoms with Crippen LogP contribution in [0.1, 0.15) is 0 Å². The number of anilines is 1. The number of ether oxygens (including phenoxy) is 1. The molecule has 0 atom stereocenters. The van der Waals surface area contributed by atoms with Gasteiger partial charge in [0, 0.05) is 10.4 Å². The van der Waals surface area contributed by atoms with Crippen LogP contribution in [-0.4, -0.2) is 36.2 Å². The Morgan fingerprint density at radius 1 is 1.19 bits per heavy atom. The lowest BCUT2D eigenvalue weighted by Gasteiger charge is -2.07. The summed E-state index contributed by atoms with van der Waals surface area (Å²) >= 11 is 1.59. The smallest absolute Gasteiger partial charge is 0.329 e. The second-order valence-electron chi connectivity index (χ2n) is 4.06. The van der Waals surface area contributed by atoms with Gasteiger partial charge >= 0.3 is 12.0 Å². The van der Waals surface area contributed by atoms with Gasteiger partial charge in [-0.2, -0.15) is 0 Å². The summed E-state index contributed by atoms with van der Waals surface area (Å²) in [5, 5.41) is 15.8. The van der Waals surface area contributed by atoms with Crippen molar-refractivity contribution in [3.63, 3.8) is 0 Å². The van der Waals surface area contributed by atoms with Gasteiger partial charge in [-0.3, -0.25) is 10.1 Å². The van der Waals surface area contributed by atoms with E-state index in [9.17, 15) is 14.4 Å². The predicted molar refractivity (Wildman–Crippen MR) is 77.4 cm³/mol. The highest BCUT2D eigenvalue weighted by atomic mass is 32.1. The van der Waals surface area contributed by atoms with E-state index in [1.807, 2.05) is 22.8 Å². The van der Waals surface area contributed by atoms with Crippen LogP contribution in [0.5, 0.6) is 0 Å². The second-order valence-corrected chi connectivity index (χ2v) is 5.01. The highest BCUT2D eigenvalue weighted by Crippen LogP contribution is 2.23. The number of benzene rings is 1. The van der Waals surface area contributed by atoms with Crippen molar-refractivity contribution in [1.82, 2.24) is 5.32 Å². The first-order valence-corrected chi connectivity index (χ1v) is 6.80. The molecular formula is C13H12N2O5S. The normalized spacial score (nSPS) is 10.3. The zero-order chi connectivity index (χ0) is 15.2. The van der Waals surface area contributed by atoms with Crippen molar-refractivity contribution < 1.29 is 24.2 Å². The number of carbonyl (C=O) groups excluding carboxylic acids is 2. The zero-order valence-corrected chi connectivity index (χ0v) is 11.6. The molecule has 0 aliphatic carbocycles. The number of urea groups is 1. The van der Waals surface area contributed by atoms with Crippen LogP contribution < -0.4 is 10.6 Å². The van der Waals surface area contributed by atoms with Gasteiger partial charge in [-0.15, -0.1) is 11.3 Å². The van der Waals surface area contributed by atoms with Gasteiger partial charge in [0.05, 0.1) is 0 Å². The number of aliphatic carboxylic acids is 1. The highest BCUT2D eigenvalue weighted by Gasteiger charge is 2.09. The summed E-state index contributed by atoms with van der Waals surface area (Å²) in [4.78, 5) is 33.1. The van der Waals surface area contributed by atoms with E-state index in [1.165, 1.54) is 0 Å². The van der Waals surface area contributed by atoms with E-state index in [0.717, 1.165) is 10.1 Å². The minimum atomic E-state index is -1.18. The van der Waals surface area contributed by atoms with Crippen molar-refractivity contribution >= 4 is 45.0 Å². The molecule has 2 rings (SSSR count). The van der Waals surface area contributed by atoms with Crippen LogP contribution in [0.3, 0.4) is 0 Å². The van der Waals surface area contributed by atoms with Gasteiger partial charge in [0.25, 0.3) is 5.91 Å². The van der Waals surface area contributed by atoms with Crippen LogP contribution in [0, 0.1) is 0 Å². The molecule has 21 heavy (non-hydrogen) atoms. The Bertz CT molecular complexity index is 682. The van der Waals surface area contributed by atoms with Crippen LogP contribution in [0.4, 0.5) is 10.5 Å². The van der Waals surface area contributed by atoms with Gasteiger partial charge in [-0.1, -0.05) is 0 Å². The number of imide groups is 1. The van der Waals surface area contributed by atoms with Crippen molar-refractivity contribution in [2.45, 2.75) is 0 Å². The second kappa shape index (κ2) is 6.82. The first kappa shape index (κ1) is 14.9. The fourth-order valence-corrected chi connectivity index (χ4v) is 2.37. The molecule has 3 amide bonds. The molecule has 0 saturated carbocycles. The minimum absolute atomic E-state index is 0.497. The average Bonchev–Trinajstić information content (AvgIpc) is 2.85. The van der Waals surface area contributed by atoms with Gasteiger partial charge in [0.2, 0.25) is 0 Å². The Labute approximate surface area is 123 Å². The fraction of sp³-hybridized carbons (Fsp3) is 0.154. The molecule has 2 aromatic rings. The van der Waals surface area contributed by atoms with E-state index in [0.29, 0.717) is 5.69 Å². The monoisotopic (exact) mass is 308 g/mol. The Morgan fingerprint density at radius 3 is 2.76 bits per heavy atom. The van der Waals surface area contributed by atoms with Crippen molar-refractivity contribution in [2.24, 2.45) is 0 Å². The summed E-state index contributed by atoms with van der Waals surface area (Å²) in [7, 11) is 0. The van der Waals surface area contributed by atoms with Crippen molar-refractivity contribution in [1.29, 1.82) is 0 Å². The predicted octanol–water partition coefficient (Wildman–Crippen LogP) is 1.65. The number of hydrogen-bond acceptors (Lipinski definition) is 5. The topological polar surface area (TPSA) is 105 Å². The van der Waals surface area contributed by atoms with E-state index in [1.54, 1.807) is 23.5 Å². The number of hydrogen-bond donors (Lipinski definition) is 3. The van der Waals surface area contributed by atoms with Crippen LogP contribution in [-0.2, 0) is 14.3 Å². The summed E-state index contributed by atoms with van der Waals surface area (Å²) in [6, 6.07) is 6.61. The molecule has 0 bridgehead atoms. The standard InChI is InChI=1S/C13H12N2O5S/c16-11(6-20-7-12(17)18)15-13(19)14-9-1-2-10-8(5-9)3-4-21-10/h1-5H,6-7H2,(H,17,18)(H2,14,15,16,19). The Kier molecular flexibility index (Phi) is 4.85. The third kappa shape index (κ3) is 4.55. The van der Waals surface area contributed by atoms with Crippen molar-refractivity contribution in [3.8, 4) is 0 Å². The van der Waals surface area contributed by atoms with Crippen LogP contribution in [0.2, 0.25) is 0 Å². The number of fused-ring (bicyclic) bond motifs is 1. The van der Waals surface area contributed by atoms with E-state index >= 15 is 0 Å². The number of rotatable bonds is 5. The summed E-state index contributed by atoms with van der Waals surface area (Å²) in [6.07, 6.45) is 0. The maximum Gasteiger partial charge on any atom is 0.329 e. The maximum atomic E-state index is 11.6. The van der Waals surface area contributed by atoms with Gasteiger partial charge in [0.15, 0.2) is 0 Å². The van der Waals surface area contributed by atoms with E-state index in [2.05, 4.69) is 10.1 Å². The van der Waals surface area contributed by atoms with Gasteiger partial charge in [0.1, 0.15) is 13.2 Å². The first-order valence-electron chi connectivity index (χ1n) is 5.92. The molecule has 3 N–H and O–H groups in total. The average molecular weight is 308 g/mol. The Morgan fingerprint density at radius 2 is 2.00 bits per heavy atom. The zero-order valence-electron chi connectivity index (χ0n) is 10.8. The third-order valence-corrected chi connectivity index (χ3v) is 3.32. The number of amides is 3. The molecule has 0 aliphatic rings. The summed E-state index contributed by atoms with van der Waals surface area (Å²) in [6.45, 7) is -1.09. The molecule has 0 aliphatic heterocycles. The quantitative estimate of drug-likeness (QED) is 0.779. The Balaban J connectivity index is 1.83. The maximum absolute atomic E-state index is 11.6. The fourth-order valence-electron chi connectivity index (χ4n) is 1.60. The van der Waals surface area contributed by atoms with Gasteiger partial charge in [-0.25, -0.2) is 9.59 Å². The van der Waals surface area contributed by atoms with E-state index in [-0.39, 0.29) is 0 Å². The summed E-state index contributed by atoms with van der Waals surface area (Å²) in [5.41, 5.74) is 0.553. The van der Waals surface area contributed by atoms with Crippen LogP contribution >= 0.6 is 11.3 Å². The number of thiophene rings is 1. The summed E-state index contributed by atoms with van der Waals surface area (Å²) < 4.78 is 5.66. The Hall–Kier alpha value is -2.45. The number of carbonyl (C=O) groups is 3. The van der Waals surface area contributed by atoms with Crippen LogP contribution in [0.15, 0.2) is 29.6 Å². The molecule has 1 heterocycles. The molecule has 1 aromatic heterocycles. The SMILES string of the molecule is O=C(O)COCC(=O)NC(=O)Nc1ccc2sccc2c1. The van der Waals surface area contributed by atoms with E-state index < -0.39 is 31.1 Å². The largest absolute Gasteiger partial charge is 0.480 e. The van der Waals surface area contributed by atoms with Gasteiger partial charge < -0.3 is 15.2 Å². The van der Waals surface area contributed by atoms with E-state index in [4.69, 9.17) is 5.11 Å².